The highest BCUT2D eigenvalue weighted by atomic mass is 16.2. The predicted octanol–water partition coefficient (Wildman–Crippen LogP) is 2.83. The quantitative estimate of drug-likeness (QED) is 0.817. The molecule has 0 aromatic heterocycles. The molecule has 0 bridgehead atoms. The third-order valence-electron chi connectivity index (χ3n) is 5.79. The molecule has 1 fully saturated rings. The van der Waals surface area contributed by atoms with Crippen molar-refractivity contribution < 1.29 is 4.79 Å². The number of hydrogen-bond donors (Lipinski definition) is 0. The van der Waals surface area contributed by atoms with E-state index in [-0.39, 0.29) is 5.91 Å². The van der Waals surface area contributed by atoms with Gasteiger partial charge in [-0.25, -0.2) is 0 Å². The Labute approximate surface area is 162 Å². The van der Waals surface area contributed by atoms with E-state index in [4.69, 9.17) is 0 Å². The van der Waals surface area contributed by atoms with E-state index >= 15 is 0 Å². The van der Waals surface area contributed by atoms with Gasteiger partial charge in [0.1, 0.15) is 0 Å². The fraction of sp³-hybridized carbons (Fsp3) is 0.435. The van der Waals surface area contributed by atoms with Crippen molar-refractivity contribution in [3.8, 4) is 0 Å². The molecule has 0 radical (unpaired) electrons. The van der Waals surface area contributed by atoms with Gasteiger partial charge in [-0.05, 0) is 36.5 Å². The first-order valence-electron chi connectivity index (χ1n) is 10.2. The number of para-hydroxylation sites is 1. The Morgan fingerprint density at radius 1 is 0.815 bits per heavy atom. The average Bonchev–Trinajstić information content (AvgIpc) is 2.73. The first kappa shape index (κ1) is 18.2. The zero-order chi connectivity index (χ0) is 18.5. The summed E-state index contributed by atoms with van der Waals surface area (Å²) >= 11 is 0. The van der Waals surface area contributed by atoms with Crippen LogP contribution in [-0.4, -0.2) is 61.5 Å². The molecule has 2 heterocycles. The normalized spacial score (nSPS) is 18.3. The third-order valence-corrected chi connectivity index (χ3v) is 5.79. The van der Waals surface area contributed by atoms with Crippen LogP contribution in [0.25, 0.3) is 0 Å². The zero-order valence-electron chi connectivity index (χ0n) is 16.0. The van der Waals surface area contributed by atoms with Crippen LogP contribution in [0.2, 0.25) is 0 Å². The Balaban J connectivity index is 1.25. The average molecular weight is 364 g/mol. The summed E-state index contributed by atoms with van der Waals surface area (Å²) in [4.78, 5) is 19.7. The first-order chi connectivity index (χ1) is 13.3. The highest BCUT2D eigenvalue weighted by Gasteiger charge is 2.25. The number of piperazine rings is 1. The lowest BCUT2D eigenvalue weighted by atomic mass is 10.0. The van der Waals surface area contributed by atoms with Gasteiger partial charge in [0.2, 0.25) is 5.91 Å². The highest BCUT2D eigenvalue weighted by Crippen LogP contribution is 2.26. The lowest BCUT2D eigenvalue weighted by Crippen LogP contribution is -2.51. The Hall–Kier alpha value is -2.17. The number of benzene rings is 2. The Morgan fingerprint density at radius 3 is 2.33 bits per heavy atom. The van der Waals surface area contributed by atoms with E-state index in [0.717, 1.165) is 64.2 Å². The van der Waals surface area contributed by atoms with Crippen molar-refractivity contribution >= 4 is 11.6 Å². The number of aryl methyl sites for hydroxylation is 1. The van der Waals surface area contributed by atoms with Crippen LogP contribution in [0, 0.1) is 0 Å². The van der Waals surface area contributed by atoms with Gasteiger partial charge in [0.25, 0.3) is 0 Å². The van der Waals surface area contributed by atoms with Crippen molar-refractivity contribution in [2.24, 2.45) is 0 Å². The third kappa shape index (κ3) is 4.57. The fourth-order valence-corrected chi connectivity index (χ4v) is 4.17. The molecule has 0 spiro atoms. The standard InChI is InChI=1S/C23H29N3O/c27-23(26-13-6-10-21-9-4-5-11-22(21)26)19-25-17-15-24(16-18-25)14-12-20-7-2-1-3-8-20/h1-5,7-9,11H,6,10,12-19H2. The van der Waals surface area contributed by atoms with Gasteiger partial charge >= 0.3 is 0 Å². The number of carbonyl (C=O) groups is 1. The smallest absolute Gasteiger partial charge is 0.241 e. The molecule has 2 aromatic carbocycles. The number of hydrogen-bond acceptors (Lipinski definition) is 3. The van der Waals surface area contributed by atoms with Gasteiger partial charge in [-0.3, -0.25) is 9.69 Å². The molecule has 0 unspecified atom stereocenters. The molecule has 4 nitrogen and oxygen atoms in total. The Morgan fingerprint density at radius 2 is 1.52 bits per heavy atom. The highest BCUT2D eigenvalue weighted by molar-refractivity contribution is 5.95. The van der Waals surface area contributed by atoms with Gasteiger partial charge in [0, 0.05) is 45.0 Å². The van der Waals surface area contributed by atoms with Crippen LogP contribution in [0.5, 0.6) is 0 Å². The van der Waals surface area contributed by atoms with E-state index in [0.29, 0.717) is 6.54 Å². The van der Waals surface area contributed by atoms with Crippen LogP contribution in [-0.2, 0) is 17.6 Å². The van der Waals surface area contributed by atoms with Crippen molar-refractivity contribution in [2.45, 2.75) is 19.3 Å². The van der Waals surface area contributed by atoms with Crippen molar-refractivity contribution in [1.29, 1.82) is 0 Å². The summed E-state index contributed by atoms with van der Waals surface area (Å²) < 4.78 is 0. The van der Waals surface area contributed by atoms with Crippen LogP contribution in [0.3, 0.4) is 0 Å². The van der Waals surface area contributed by atoms with E-state index in [9.17, 15) is 4.79 Å². The molecule has 0 N–H and O–H groups in total. The molecule has 0 aliphatic carbocycles. The second kappa shape index (κ2) is 8.68. The molecule has 27 heavy (non-hydrogen) atoms. The van der Waals surface area contributed by atoms with Crippen LogP contribution < -0.4 is 4.90 Å². The van der Waals surface area contributed by atoms with E-state index in [2.05, 4.69) is 58.3 Å². The summed E-state index contributed by atoms with van der Waals surface area (Å²) in [6.45, 7) is 6.57. The topological polar surface area (TPSA) is 26.8 Å². The summed E-state index contributed by atoms with van der Waals surface area (Å²) in [6, 6.07) is 19.0. The number of amides is 1. The molecular formula is C23H29N3O. The summed E-state index contributed by atoms with van der Waals surface area (Å²) in [5.41, 5.74) is 3.83. The maximum absolute atomic E-state index is 12.9. The van der Waals surface area contributed by atoms with E-state index < -0.39 is 0 Å². The van der Waals surface area contributed by atoms with Crippen LogP contribution >= 0.6 is 0 Å². The Kier molecular flexibility index (Phi) is 5.85. The van der Waals surface area contributed by atoms with Crippen LogP contribution in [0.15, 0.2) is 54.6 Å². The minimum Gasteiger partial charge on any atom is -0.311 e. The van der Waals surface area contributed by atoms with Gasteiger partial charge in [-0.2, -0.15) is 0 Å². The zero-order valence-corrected chi connectivity index (χ0v) is 16.0. The van der Waals surface area contributed by atoms with Gasteiger partial charge in [0.05, 0.1) is 6.54 Å². The Bertz CT molecular complexity index is 753. The van der Waals surface area contributed by atoms with Gasteiger partial charge in [-0.1, -0.05) is 48.5 Å². The van der Waals surface area contributed by atoms with E-state index in [1.807, 2.05) is 11.0 Å². The summed E-state index contributed by atoms with van der Waals surface area (Å²) in [5, 5.41) is 0. The molecule has 1 saturated heterocycles. The number of anilines is 1. The van der Waals surface area contributed by atoms with Crippen LogP contribution in [0.1, 0.15) is 17.5 Å². The van der Waals surface area contributed by atoms with Crippen molar-refractivity contribution in [3.05, 3.63) is 65.7 Å². The molecular weight excluding hydrogens is 334 g/mol. The molecule has 2 aliphatic heterocycles. The number of carbonyl (C=O) groups excluding carboxylic acids is 1. The van der Waals surface area contributed by atoms with E-state index in [1.165, 1.54) is 11.1 Å². The van der Waals surface area contributed by atoms with Gasteiger partial charge in [-0.15, -0.1) is 0 Å². The molecule has 4 rings (SSSR count). The number of nitrogens with zero attached hydrogens (tertiary/aromatic N) is 3. The lowest BCUT2D eigenvalue weighted by Gasteiger charge is -2.36. The first-order valence-corrected chi connectivity index (χ1v) is 10.2. The van der Waals surface area contributed by atoms with Crippen LogP contribution in [0.4, 0.5) is 5.69 Å². The SMILES string of the molecule is O=C(CN1CCN(CCc2ccccc2)CC1)N1CCCc2ccccc21. The summed E-state index contributed by atoms with van der Waals surface area (Å²) in [7, 11) is 0. The monoisotopic (exact) mass is 363 g/mol. The van der Waals surface area contributed by atoms with Gasteiger partial charge < -0.3 is 9.80 Å². The number of rotatable bonds is 5. The molecule has 1 amide bonds. The minimum atomic E-state index is 0.250. The molecule has 4 heteroatoms. The lowest BCUT2D eigenvalue weighted by molar-refractivity contribution is -0.120. The molecule has 2 aliphatic rings. The van der Waals surface area contributed by atoms with E-state index in [1.54, 1.807) is 0 Å². The minimum absolute atomic E-state index is 0.250. The predicted molar refractivity (Wildman–Crippen MR) is 110 cm³/mol. The molecule has 142 valence electrons. The number of fused-ring (bicyclic) bond motifs is 1. The van der Waals surface area contributed by atoms with Crippen molar-refractivity contribution in [1.82, 2.24) is 9.80 Å². The summed E-state index contributed by atoms with van der Waals surface area (Å²) in [5.74, 6) is 0.250. The largest absolute Gasteiger partial charge is 0.311 e. The summed E-state index contributed by atoms with van der Waals surface area (Å²) in [6.07, 6.45) is 3.25. The maximum Gasteiger partial charge on any atom is 0.241 e. The van der Waals surface area contributed by atoms with Crippen molar-refractivity contribution in [2.75, 3.05) is 50.7 Å². The fourth-order valence-electron chi connectivity index (χ4n) is 4.17. The molecule has 2 aromatic rings. The second-order valence-electron chi connectivity index (χ2n) is 7.63. The second-order valence-corrected chi connectivity index (χ2v) is 7.63. The van der Waals surface area contributed by atoms with Gasteiger partial charge in [0.15, 0.2) is 0 Å². The maximum atomic E-state index is 12.9. The molecule has 0 saturated carbocycles. The van der Waals surface area contributed by atoms with Crippen molar-refractivity contribution in [3.63, 3.8) is 0 Å². The molecule has 0 atom stereocenters.